The summed E-state index contributed by atoms with van der Waals surface area (Å²) >= 11 is 0. The van der Waals surface area contributed by atoms with Crippen LogP contribution in [0.4, 0.5) is 5.69 Å². The first-order valence-corrected chi connectivity index (χ1v) is 10.6. The van der Waals surface area contributed by atoms with Crippen molar-refractivity contribution >= 4 is 21.4 Å². The fourth-order valence-electron chi connectivity index (χ4n) is 2.96. The Hall–Kier alpha value is -2.15. The maximum absolute atomic E-state index is 12.3. The van der Waals surface area contributed by atoms with E-state index in [9.17, 15) is 13.2 Å². The number of hydrogen-bond acceptors (Lipinski definition) is 4. The predicted octanol–water partition coefficient (Wildman–Crippen LogP) is 3.13. The Morgan fingerprint density at radius 3 is 2.50 bits per heavy atom. The molecular formula is C19H27N3O3S. The van der Waals surface area contributed by atoms with Crippen molar-refractivity contribution in [3.8, 4) is 0 Å². The fraction of sp³-hybridized carbons (Fsp3) is 0.474. The Labute approximate surface area is 155 Å². The summed E-state index contributed by atoms with van der Waals surface area (Å²) in [6.45, 7) is 9.11. The monoisotopic (exact) mass is 377 g/mol. The van der Waals surface area contributed by atoms with Crippen molar-refractivity contribution in [3.63, 3.8) is 0 Å². The number of benzene rings is 1. The number of carbonyl (C=O) groups is 1. The van der Waals surface area contributed by atoms with E-state index >= 15 is 0 Å². The first kappa shape index (κ1) is 20.2. The second-order valence-corrected chi connectivity index (χ2v) is 9.03. The number of nitrogens with one attached hydrogen (secondary N) is 1. The van der Waals surface area contributed by atoms with Gasteiger partial charge in [-0.2, -0.15) is 5.10 Å². The second-order valence-electron chi connectivity index (χ2n) is 7.04. The zero-order valence-corrected chi connectivity index (χ0v) is 16.9. The summed E-state index contributed by atoms with van der Waals surface area (Å²) in [4.78, 5) is 12.5. The summed E-state index contributed by atoms with van der Waals surface area (Å²) in [7, 11) is -3.40. The molecule has 0 aliphatic rings. The van der Waals surface area contributed by atoms with Crippen LogP contribution in [0.25, 0.3) is 0 Å². The van der Waals surface area contributed by atoms with E-state index in [0.29, 0.717) is 18.0 Å². The summed E-state index contributed by atoms with van der Waals surface area (Å²) in [6, 6.07) is 6.44. The minimum absolute atomic E-state index is 0.130. The highest BCUT2D eigenvalue weighted by atomic mass is 32.2. The van der Waals surface area contributed by atoms with Crippen LogP contribution in [0.3, 0.4) is 0 Å². The maximum atomic E-state index is 12.3. The molecule has 2 rings (SSSR count). The largest absolute Gasteiger partial charge is 0.325 e. The standard InChI is InChI=1S/C19H27N3O3S/c1-13(2)12-22-15(4)16(14(3)21-22)10-11-19(23)20-17-8-6-7-9-18(17)26(5,24)25/h6-9,13H,10-12H2,1-5H3,(H,20,23). The van der Waals surface area contributed by atoms with Gasteiger partial charge in [-0.1, -0.05) is 26.0 Å². The maximum Gasteiger partial charge on any atom is 0.224 e. The third-order valence-electron chi connectivity index (χ3n) is 4.23. The number of aryl methyl sites for hydroxylation is 1. The molecule has 6 nitrogen and oxygen atoms in total. The lowest BCUT2D eigenvalue weighted by atomic mass is 10.1. The van der Waals surface area contributed by atoms with Gasteiger partial charge in [0.1, 0.15) is 0 Å². The molecule has 142 valence electrons. The highest BCUT2D eigenvalue weighted by Gasteiger charge is 2.16. The molecule has 7 heteroatoms. The molecule has 0 radical (unpaired) electrons. The van der Waals surface area contributed by atoms with Crippen LogP contribution in [0.5, 0.6) is 0 Å². The van der Waals surface area contributed by atoms with Crippen molar-refractivity contribution in [2.75, 3.05) is 11.6 Å². The zero-order chi connectivity index (χ0) is 19.5. The van der Waals surface area contributed by atoms with Gasteiger partial charge in [-0.3, -0.25) is 9.48 Å². The van der Waals surface area contributed by atoms with Crippen molar-refractivity contribution < 1.29 is 13.2 Å². The van der Waals surface area contributed by atoms with E-state index in [-0.39, 0.29) is 17.2 Å². The van der Waals surface area contributed by atoms with Crippen LogP contribution >= 0.6 is 0 Å². The molecule has 0 bridgehead atoms. The smallest absolute Gasteiger partial charge is 0.224 e. The van der Waals surface area contributed by atoms with Gasteiger partial charge in [-0.15, -0.1) is 0 Å². The topological polar surface area (TPSA) is 81.1 Å². The van der Waals surface area contributed by atoms with Crippen LogP contribution in [0.1, 0.15) is 37.2 Å². The van der Waals surface area contributed by atoms with Crippen molar-refractivity contribution in [1.82, 2.24) is 9.78 Å². The molecule has 1 aromatic heterocycles. The molecule has 1 N–H and O–H groups in total. The lowest BCUT2D eigenvalue weighted by Crippen LogP contribution is -2.15. The molecular weight excluding hydrogens is 350 g/mol. The van der Waals surface area contributed by atoms with Gasteiger partial charge in [0.2, 0.25) is 5.91 Å². The van der Waals surface area contributed by atoms with Crippen LogP contribution in [0.15, 0.2) is 29.2 Å². The van der Waals surface area contributed by atoms with Gasteiger partial charge in [-0.25, -0.2) is 8.42 Å². The SMILES string of the molecule is Cc1nn(CC(C)C)c(C)c1CCC(=O)Nc1ccccc1S(C)(=O)=O. The summed E-state index contributed by atoms with van der Waals surface area (Å²) in [5, 5.41) is 7.28. The fourth-order valence-corrected chi connectivity index (χ4v) is 3.81. The average molecular weight is 378 g/mol. The molecule has 0 spiro atoms. The highest BCUT2D eigenvalue weighted by Crippen LogP contribution is 2.21. The van der Waals surface area contributed by atoms with Crippen LogP contribution in [0, 0.1) is 19.8 Å². The van der Waals surface area contributed by atoms with Gasteiger partial charge in [0.25, 0.3) is 0 Å². The molecule has 2 aromatic rings. The molecule has 0 saturated heterocycles. The zero-order valence-electron chi connectivity index (χ0n) is 16.0. The summed E-state index contributed by atoms with van der Waals surface area (Å²) in [5.74, 6) is 0.285. The van der Waals surface area contributed by atoms with Gasteiger partial charge in [0.05, 0.1) is 16.3 Å². The summed E-state index contributed by atoms with van der Waals surface area (Å²) < 4.78 is 25.7. The first-order chi connectivity index (χ1) is 12.1. The lowest BCUT2D eigenvalue weighted by Gasteiger charge is -2.10. The first-order valence-electron chi connectivity index (χ1n) is 8.71. The van der Waals surface area contributed by atoms with Crippen molar-refractivity contribution in [1.29, 1.82) is 0 Å². The van der Waals surface area contributed by atoms with E-state index in [1.54, 1.807) is 18.2 Å². The predicted molar refractivity (Wildman–Crippen MR) is 103 cm³/mol. The third-order valence-corrected chi connectivity index (χ3v) is 5.39. The van der Waals surface area contributed by atoms with E-state index in [4.69, 9.17) is 0 Å². The number of nitrogens with zero attached hydrogens (tertiary/aromatic N) is 2. The molecule has 1 amide bonds. The van der Waals surface area contributed by atoms with Crippen LogP contribution in [-0.2, 0) is 27.6 Å². The minimum Gasteiger partial charge on any atom is -0.325 e. The molecule has 0 aliphatic heterocycles. The molecule has 0 fully saturated rings. The van der Waals surface area contributed by atoms with Crippen molar-refractivity contribution in [3.05, 3.63) is 41.2 Å². The molecule has 1 aromatic carbocycles. The normalized spacial score (nSPS) is 11.8. The summed E-state index contributed by atoms with van der Waals surface area (Å²) in [6.07, 6.45) is 1.98. The number of anilines is 1. The van der Waals surface area contributed by atoms with Crippen molar-refractivity contribution in [2.24, 2.45) is 5.92 Å². The van der Waals surface area contributed by atoms with Gasteiger partial charge in [0.15, 0.2) is 9.84 Å². The lowest BCUT2D eigenvalue weighted by molar-refractivity contribution is -0.116. The van der Waals surface area contributed by atoms with Gasteiger partial charge >= 0.3 is 0 Å². The van der Waals surface area contributed by atoms with Crippen molar-refractivity contribution in [2.45, 2.75) is 52.0 Å². The quantitative estimate of drug-likeness (QED) is 0.804. The van der Waals surface area contributed by atoms with E-state index in [0.717, 1.165) is 29.8 Å². The third kappa shape index (κ3) is 4.94. The van der Waals surface area contributed by atoms with E-state index in [1.165, 1.54) is 6.07 Å². The summed E-state index contributed by atoms with van der Waals surface area (Å²) in [5.41, 5.74) is 3.43. The number of hydrogen-bond donors (Lipinski definition) is 1. The van der Waals surface area contributed by atoms with Gasteiger partial charge in [0, 0.05) is 24.9 Å². The Bertz CT molecular complexity index is 899. The van der Waals surface area contributed by atoms with E-state index in [2.05, 4.69) is 24.3 Å². The molecule has 0 unspecified atom stereocenters. The molecule has 1 heterocycles. The number of rotatable bonds is 7. The van der Waals surface area contributed by atoms with Gasteiger partial charge in [-0.05, 0) is 43.9 Å². The second kappa shape index (κ2) is 8.03. The minimum atomic E-state index is -3.40. The van der Waals surface area contributed by atoms with E-state index < -0.39 is 9.84 Å². The van der Waals surface area contributed by atoms with Crippen LogP contribution in [0.2, 0.25) is 0 Å². The average Bonchev–Trinajstić information content (AvgIpc) is 2.78. The Morgan fingerprint density at radius 1 is 1.23 bits per heavy atom. The number of aromatic nitrogens is 2. The number of sulfone groups is 1. The Kier molecular flexibility index (Phi) is 6.23. The molecule has 0 saturated carbocycles. The van der Waals surface area contributed by atoms with Crippen LogP contribution in [-0.4, -0.2) is 30.4 Å². The molecule has 0 atom stereocenters. The highest BCUT2D eigenvalue weighted by molar-refractivity contribution is 7.90. The molecule has 26 heavy (non-hydrogen) atoms. The number of amides is 1. The number of para-hydroxylation sites is 1. The number of carbonyl (C=O) groups excluding carboxylic acids is 1. The van der Waals surface area contributed by atoms with Crippen LogP contribution < -0.4 is 5.32 Å². The Balaban J connectivity index is 2.08. The van der Waals surface area contributed by atoms with Gasteiger partial charge < -0.3 is 5.32 Å². The van der Waals surface area contributed by atoms with E-state index in [1.807, 2.05) is 18.5 Å². The molecule has 0 aliphatic carbocycles. The Morgan fingerprint density at radius 2 is 1.88 bits per heavy atom.